The highest BCUT2D eigenvalue weighted by Crippen LogP contribution is 2.25. The highest BCUT2D eigenvalue weighted by Gasteiger charge is 2.35. The summed E-state index contributed by atoms with van der Waals surface area (Å²) < 4.78 is 43.4. The van der Waals surface area contributed by atoms with Crippen molar-refractivity contribution in [3.63, 3.8) is 0 Å². The maximum atomic E-state index is 12.4. The fourth-order valence-electron chi connectivity index (χ4n) is 1.98. The third kappa shape index (κ3) is 5.05. The quantitative estimate of drug-likeness (QED) is 0.837. The van der Waals surface area contributed by atoms with E-state index in [1.807, 2.05) is 31.2 Å². The monoisotopic (exact) mass is 342 g/mol. The number of nitrogens with one attached hydrogen (secondary N) is 1. The number of amides is 1. The van der Waals surface area contributed by atoms with E-state index in [0.29, 0.717) is 13.2 Å². The fraction of sp³-hybridized carbons (Fsp3) is 0.400. The van der Waals surface area contributed by atoms with Crippen molar-refractivity contribution < 1.29 is 22.7 Å². The van der Waals surface area contributed by atoms with Crippen LogP contribution in [0.2, 0.25) is 0 Å². The number of aromatic nitrogens is 3. The van der Waals surface area contributed by atoms with Crippen LogP contribution < -0.4 is 5.32 Å². The molecule has 24 heavy (non-hydrogen) atoms. The molecule has 1 amide bonds. The Labute approximate surface area is 136 Å². The zero-order chi connectivity index (χ0) is 17.6. The van der Waals surface area contributed by atoms with E-state index >= 15 is 0 Å². The van der Waals surface area contributed by atoms with Gasteiger partial charge in [0.1, 0.15) is 12.9 Å². The van der Waals surface area contributed by atoms with Crippen LogP contribution in [0.5, 0.6) is 0 Å². The van der Waals surface area contributed by atoms with Gasteiger partial charge in [-0.25, -0.2) is 9.67 Å². The molecule has 1 aromatic heterocycles. The molecule has 0 aliphatic carbocycles. The Balaban J connectivity index is 1.91. The van der Waals surface area contributed by atoms with Crippen LogP contribution in [0.1, 0.15) is 23.9 Å². The van der Waals surface area contributed by atoms with Crippen LogP contribution in [0, 0.1) is 0 Å². The second-order valence-corrected chi connectivity index (χ2v) is 4.95. The number of halogens is 3. The topological polar surface area (TPSA) is 69.0 Å². The van der Waals surface area contributed by atoms with Crippen LogP contribution in [0.15, 0.2) is 30.6 Å². The average Bonchev–Trinajstić information content (AvgIpc) is 3.00. The Hall–Kier alpha value is -2.42. The number of benzene rings is 1. The maximum Gasteiger partial charge on any atom is 0.453 e. The molecular weight excluding hydrogens is 325 g/mol. The normalized spacial score (nSPS) is 11.5. The summed E-state index contributed by atoms with van der Waals surface area (Å²) >= 11 is 0. The number of ether oxygens (including phenoxy) is 1. The minimum atomic E-state index is -4.63. The molecule has 0 fully saturated rings. The van der Waals surface area contributed by atoms with Gasteiger partial charge in [0.2, 0.25) is 5.91 Å². The van der Waals surface area contributed by atoms with E-state index in [1.54, 1.807) is 0 Å². The highest BCUT2D eigenvalue weighted by molar-refractivity contribution is 5.75. The molecule has 0 spiro atoms. The largest absolute Gasteiger partial charge is 0.453 e. The molecule has 1 heterocycles. The number of hydrogen-bond acceptors (Lipinski definition) is 4. The second-order valence-electron chi connectivity index (χ2n) is 4.95. The Kier molecular flexibility index (Phi) is 5.91. The molecule has 0 aliphatic heterocycles. The predicted molar refractivity (Wildman–Crippen MR) is 78.6 cm³/mol. The molecule has 1 aromatic carbocycles. The summed E-state index contributed by atoms with van der Waals surface area (Å²) in [6.07, 6.45) is -3.74. The Morgan fingerprint density at radius 2 is 2.00 bits per heavy atom. The molecule has 0 saturated heterocycles. The van der Waals surface area contributed by atoms with Crippen molar-refractivity contribution in [3.8, 4) is 0 Å². The van der Waals surface area contributed by atoms with E-state index in [-0.39, 0.29) is 13.1 Å². The van der Waals surface area contributed by atoms with Crippen molar-refractivity contribution in [1.29, 1.82) is 0 Å². The molecule has 0 atom stereocenters. The Morgan fingerprint density at radius 1 is 1.29 bits per heavy atom. The van der Waals surface area contributed by atoms with Crippen LogP contribution in [0.4, 0.5) is 13.2 Å². The first-order valence-corrected chi connectivity index (χ1v) is 7.28. The zero-order valence-corrected chi connectivity index (χ0v) is 13.0. The van der Waals surface area contributed by atoms with Crippen molar-refractivity contribution in [2.75, 3.05) is 6.61 Å². The lowest BCUT2D eigenvalue weighted by Crippen LogP contribution is -2.28. The molecule has 0 saturated carbocycles. The van der Waals surface area contributed by atoms with Crippen LogP contribution in [0.3, 0.4) is 0 Å². The first kappa shape index (κ1) is 17.9. The molecule has 0 radical (unpaired) electrons. The standard InChI is InChI=1S/C15H17F3N4O2/c1-2-24-9-12-6-4-3-5-11(12)7-19-13(23)8-22-10-20-14(21-22)15(16,17)18/h3-6,10H,2,7-9H2,1H3,(H,19,23). The van der Waals surface area contributed by atoms with Gasteiger partial charge >= 0.3 is 6.18 Å². The van der Waals surface area contributed by atoms with Gasteiger partial charge in [-0.1, -0.05) is 24.3 Å². The molecule has 0 bridgehead atoms. The molecule has 6 nitrogen and oxygen atoms in total. The summed E-state index contributed by atoms with van der Waals surface area (Å²) in [4.78, 5) is 15.0. The number of carbonyl (C=O) groups is 1. The molecule has 1 N–H and O–H groups in total. The molecule has 2 aromatic rings. The summed E-state index contributed by atoms with van der Waals surface area (Å²) in [5.74, 6) is -1.72. The van der Waals surface area contributed by atoms with Gasteiger partial charge < -0.3 is 10.1 Å². The van der Waals surface area contributed by atoms with Gasteiger partial charge in [-0.05, 0) is 18.1 Å². The molecule has 2 rings (SSSR count). The molecular formula is C15H17F3N4O2. The third-order valence-corrected chi connectivity index (χ3v) is 3.15. The van der Waals surface area contributed by atoms with Crippen molar-refractivity contribution in [2.45, 2.75) is 32.8 Å². The van der Waals surface area contributed by atoms with Gasteiger partial charge in [0, 0.05) is 13.2 Å². The second kappa shape index (κ2) is 7.91. The summed E-state index contributed by atoms with van der Waals surface area (Å²) in [5.41, 5.74) is 1.83. The Bertz CT molecular complexity index is 685. The van der Waals surface area contributed by atoms with Crippen LogP contribution in [0.25, 0.3) is 0 Å². The van der Waals surface area contributed by atoms with E-state index in [2.05, 4.69) is 15.4 Å². The first-order valence-electron chi connectivity index (χ1n) is 7.28. The SMILES string of the molecule is CCOCc1ccccc1CNC(=O)Cn1cnc(C(F)(F)F)n1. The number of rotatable bonds is 7. The first-order chi connectivity index (χ1) is 11.4. The molecule has 0 aliphatic rings. The fourth-order valence-corrected chi connectivity index (χ4v) is 1.98. The lowest BCUT2D eigenvalue weighted by Gasteiger charge is -2.10. The van der Waals surface area contributed by atoms with Gasteiger partial charge in [-0.2, -0.15) is 13.2 Å². The van der Waals surface area contributed by atoms with Gasteiger partial charge in [-0.15, -0.1) is 5.10 Å². The van der Waals surface area contributed by atoms with E-state index in [9.17, 15) is 18.0 Å². The lowest BCUT2D eigenvalue weighted by atomic mass is 10.1. The van der Waals surface area contributed by atoms with Gasteiger partial charge in [0.05, 0.1) is 6.61 Å². The van der Waals surface area contributed by atoms with E-state index in [0.717, 1.165) is 22.1 Å². The highest BCUT2D eigenvalue weighted by atomic mass is 19.4. The number of alkyl halides is 3. The minimum Gasteiger partial charge on any atom is -0.377 e. The summed E-state index contributed by atoms with van der Waals surface area (Å²) in [7, 11) is 0. The molecule has 9 heteroatoms. The number of nitrogens with zero attached hydrogens (tertiary/aromatic N) is 3. The molecule has 0 unspecified atom stereocenters. The predicted octanol–water partition coefficient (Wildman–Crippen LogP) is 2.15. The van der Waals surface area contributed by atoms with Gasteiger partial charge in [0.15, 0.2) is 0 Å². The Morgan fingerprint density at radius 3 is 2.62 bits per heavy atom. The third-order valence-electron chi connectivity index (χ3n) is 3.15. The van der Waals surface area contributed by atoms with Crippen LogP contribution >= 0.6 is 0 Å². The minimum absolute atomic E-state index is 0.253. The number of carbonyl (C=O) groups excluding carboxylic acids is 1. The number of hydrogen-bond donors (Lipinski definition) is 1. The van der Waals surface area contributed by atoms with Crippen LogP contribution in [-0.4, -0.2) is 27.3 Å². The van der Waals surface area contributed by atoms with E-state index < -0.39 is 17.9 Å². The van der Waals surface area contributed by atoms with E-state index in [1.165, 1.54) is 0 Å². The summed E-state index contributed by atoms with van der Waals surface area (Å²) in [5, 5.41) is 5.88. The van der Waals surface area contributed by atoms with Gasteiger partial charge in [0.25, 0.3) is 5.82 Å². The average molecular weight is 342 g/mol. The van der Waals surface area contributed by atoms with E-state index in [4.69, 9.17) is 4.74 Å². The van der Waals surface area contributed by atoms with Gasteiger partial charge in [-0.3, -0.25) is 4.79 Å². The summed E-state index contributed by atoms with van der Waals surface area (Å²) in [6.45, 7) is 2.81. The smallest absolute Gasteiger partial charge is 0.377 e. The maximum absolute atomic E-state index is 12.4. The van der Waals surface area contributed by atoms with Crippen molar-refractivity contribution in [1.82, 2.24) is 20.1 Å². The summed E-state index contributed by atoms with van der Waals surface area (Å²) in [6, 6.07) is 7.45. The lowest BCUT2D eigenvalue weighted by molar-refractivity contribution is -0.145. The molecule has 130 valence electrons. The van der Waals surface area contributed by atoms with Crippen molar-refractivity contribution >= 4 is 5.91 Å². The van der Waals surface area contributed by atoms with Crippen molar-refractivity contribution in [2.24, 2.45) is 0 Å². The van der Waals surface area contributed by atoms with Crippen molar-refractivity contribution in [3.05, 3.63) is 47.5 Å². The zero-order valence-electron chi connectivity index (χ0n) is 13.0. The van der Waals surface area contributed by atoms with Crippen LogP contribution in [-0.2, 0) is 35.4 Å².